The summed E-state index contributed by atoms with van der Waals surface area (Å²) < 4.78 is 4.25. The Kier molecular flexibility index (Phi) is 3.44. The van der Waals surface area contributed by atoms with Gasteiger partial charge < -0.3 is 4.57 Å². The van der Waals surface area contributed by atoms with Crippen molar-refractivity contribution in [3.8, 4) is 0 Å². The standard InChI is InChI=1S/C16H18N6/c1-2-5-17-14(4-1)11-20-8-9-22-15(10-18-16(22)13-20)12-21-7-3-6-19-21/h1-7,10H,8-9,11-13H2. The van der Waals surface area contributed by atoms with Crippen molar-refractivity contribution in [1.29, 1.82) is 0 Å². The smallest absolute Gasteiger partial charge is 0.123 e. The fourth-order valence-electron chi connectivity index (χ4n) is 2.92. The Morgan fingerprint density at radius 1 is 1.00 bits per heavy atom. The predicted octanol–water partition coefficient (Wildman–Crippen LogP) is 1.54. The molecule has 0 atom stereocenters. The molecule has 0 aliphatic carbocycles. The lowest BCUT2D eigenvalue weighted by molar-refractivity contribution is 0.204. The zero-order valence-corrected chi connectivity index (χ0v) is 12.3. The Labute approximate surface area is 129 Å². The van der Waals surface area contributed by atoms with E-state index in [1.54, 1.807) is 0 Å². The molecule has 1 aliphatic heterocycles. The van der Waals surface area contributed by atoms with Crippen LogP contribution in [0.2, 0.25) is 0 Å². The van der Waals surface area contributed by atoms with Crippen molar-refractivity contribution < 1.29 is 0 Å². The number of hydrogen-bond donors (Lipinski definition) is 0. The van der Waals surface area contributed by atoms with Gasteiger partial charge in [-0.25, -0.2) is 4.98 Å². The maximum absolute atomic E-state index is 4.59. The molecule has 3 aromatic rings. The molecule has 0 N–H and O–H groups in total. The first kappa shape index (κ1) is 13.2. The lowest BCUT2D eigenvalue weighted by Crippen LogP contribution is -2.34. The zero-order valence-electron chi connectivity index (χ0n) is 12.3. The number of nitrogens with zero attached hydrogens (tertiary/aromatic N) is 6. The highest BCUT2D eigenvalue weighted by molar-refractivity contribution is 5.09. The first-order valence-electron chi connectivity index (χ1n) is 7.51. The van der Waals surface area contributed by atoms with Gasteiger partial charge in [-0.1, -0.05) is 6.07 Å². The SMILES string of the molecule is c1ccc(CN2CCn3c(Cn4cccn4)cnc3C2)nc1. The molecule has 3 aromatic heterocycles. The average molecular weight is 294 g/mol. The fraction of sp³-hybridized carbons (Fsp3) is 0.312. The maximum atomic E-state index is 4.59. The molecule has 0 bridgehead atoms. The summed E-state index contributed by atoms with van der Waals surface area (Å²) in [5, 5.41) is 4.27. The van der Waals surface area contributed by atoms with E-state index in [1.807, 2.05) is 47.7 Å². The number of rotatable bonds is 4. The molecular weight excluding hydrogens is 276 g/mol. The number of aromatic nitrogens is 5. The Morgan fingerprint density at radius 2 is 2.00 bits per heavy atom. The third-order valence-corrected chi connectivity index (χ3v) is 4.02. The van der Waals surface area contributed by atoms with Crippen LogP contribution in [0.4, 0.5) is 0 Å². The average Bonchev–Trinajstić information content (AvgIpc) is 3.19. The fourth-order valence-corrected chi connectivity index (χ4v) is 2.92. The summed E-state index contributed by atoms with van der Waals surface area (Å²) in [6, 6.07) is 8.01. The molecular formula is C16H18N6. The number of imidazole rings is 1. The number of hydrogen-bond acceptors (Lipinski definition) is 4. The monoisotopic (exact) mass is 294 g/mol. The summed E-state index contributed by atoms with van der Waals surface area (Å²) in [7, 11) is 0. The van der Waals surface area contributed by atoms with Crippen molar-refractivity contribution in [2.45, 2.75) is 26.2 Å². The summed E-state index contributed by atoms with van der Waals surface area (Å²) in [4.78, 5) is 11.4. The van der Waals surface area contributed by atoms with E-state index >= 15 is 0 Å². The van der Waals surface area contributed by atoms with E-state index in [1.165, 1.54) is 5.69 Å². The van der Waals surface area contributed by atoms with Crippen molar-refractivity contribution in [1.82, 2.24) is 29.2 Å². The van der Waals surface area contributed by atoms with Crippen LogP contribution in [0.15, 0.2) is 49.1 Å². The third kappa shape index (κ3) is 2.65. The Bertz CT molecular complexity index is 731. The molecule has 0 unspecified atom stereocenters. The molecule has 0 amide bonds. The minimum Gasteiger partial charge on any atom is -0.328 e. The van der Waals surface area contributed by atoms with E-state index in [9.17, 15) is 0 Å². The van der Waals surface area contributed by atoms with Crippen LogP contribution in [0.5, 0.6) is 0 Å². The molecule has 4 heterocycles. The highest BCUT2D eigenvalue weighted by Crippen LogP contribution is 2.16. The van der Waals surface area contributed by atoms with Crippen LogP contribution in [0.1, 0.15) is 17.2 Å². The molecule has 0 spiro atoms. The van der Waals surface area contributed by atoms with Crippen LogP contribution >= 0.6 is 0 Å². The number of fused-ring (bicyclic) bond motifs is 1. The number of pyridine rings is 1. The summed E-state index contributed by atoms with van der Waals surface area (Å²) >= 11 is 0. The van der Waals surface area contributed by atoms with E-state index in [0.717, 1.165) is 44.2 Å². The van der Waals surface area contributed by atoms with Crippen molar-refractivity contribution in [2.75, 3.05) is 6.54 Å². The predicted molar refractivity (Wildman–Crippen MR) is 81.9 cm³/mol. The van der Waals surface area contributed by atoms with Gasteiger partial charge in [-0.3, -0.25) is 14.6 Å². The second kappa shape index (κ2) is 5.73. The van der Waals surface area contributed by atoms with E-state index in [-0.39, 0.29) is 0 Å². The van der Waals surface area contributed by atoms with E-state index in [2.05, 4.69) is 30.6 Å². The van der Waals surface area contributed by atoms with E-state index < -0.39 is 0 Å². The van der Waals surface area contributed by atoms with Crippen molar-refractivity contribution in [2.24, 2.45) is 0 Å². The highest BCUT2D eigenvalue weighted by Gasteiger charge is 2.20. The van der Waals surface area contributed by atoms with E-state index in [0.29, 0.717) is 0 Å². The summed E-state index contributed by atoms with van der Waals surface area (Å²) in [6.07, 6.45) is 7.61. The van der Waals surface area contributed by atoms with Gasteiger partial charge >= 0.3 is 0 Å². The van der Waals surface area contributed by atoms with Crippen LogP contribution in [0.3, 0.4) is 0 Å². The second-order valence-electron chi connectivity index (χ2n) is 5.55. The van der Waals surface area contributed by atoms with Crippen molar-refractivity contribution in [3.63, 3.8) is 0 Å². The quantitative estimate of drug-likeness (QED) is 0.732. The third-order valence-electron chi connectivity index (χ3n) is 4.02. The van der Waals surface area contributed by atoms with Gasteiger partial charge in [-0.05, 0) is 18.2 Å². The second-order valence-corrected chi connectivity index (χ2v) is 5.55. The molecule has 0 aromatic carbocycles. The zero-order chi connectivity index (χ0) is 14.8. The van der Waals surface area contributed by atoms with E-state index in [4.69, 9.17) is 0 Å². The van der Waals surface area contributed by atoms with Crippen LogP contribution in [-0.4, -0.2) is 35.8 Å². The van der Waals surface area contributed by atoms with Gasteiger partial charge in [0.15, 0.2) is 0 Å². The van der Waals surface area contributed by atoms with Crippen LogP contribution in [0.25, 0.3) is 0 Å². The lowest BCUT2D eigenvalue weighted by Gasteiger charge is -2.28. The van der Waals surface area contributed by atoms with Crippen LogP contribution in [-0.2, 0) is 26.2 Å². The summed E-state index contributed by atoms with van der Waals surface area (Å²) in [6.45, 7) is 4.52. The molecule has 6 nitrogen and oxygen atoms in total. The topological polar surface area (TPSA) is 51.8 Å². The van der Waals surface area contributed by atoms with Crippen molar-refractivity contribution in [3.05, 3.63) is 66.3 Å². The molecule has 22 heavy (non-hydrogen) atoms. The highest BCUT2D eigenvalue weighted by atomic mass is 15.3. The van der Waals surface area contributed by atoms with Crippen LogP contribution < -0.4 is 0 Å². The minimum absolute atomic E-state index is 0.778. The van der Waals surface area contributed by atoms with Gasteiger partial charge in [0.05, 0.1) is 30.7 Å². The van der Waals surface area contributed by atoms with Gasteiger partial charge in [-0.15, -0.1) is 0 Å². The van der Waals surface area contributed by atoms with Crippen LogP contribution in [0, 0.1) is 0 Å². The first-order valence-corrected chi connectivity index (χ1v) is 7.51. The largest absolute Gasteiger partial charge is 0.328 e. The normalized spacial score (nSPS) is 14.9. The molecule has 0 radical (unpaired) electrons. The van der Waals surface area contributed by atoms with Gasteiger partial charge in [-0.2, -0.15) is 5.10 Å². The first-order chi connectivity index (χ1) is 10.9. The maximum Gasteiger partial charge on any atom is 0.123 e. The molecule has 0 saturated carbocycles. The Balaban J connectivity index is 1.47. The van der Waals surface area contributed by atoms with Gasteiger partial charge in [0, 0.05) is 38.2 Å². The lowest BCUT2D eigenvalue weighted by atomic mass is 10.3. The minimum atomic E-state index is 0.778. The summed E-state index contributed by atoms with van der Waals surface area (Å²) in [5.74, 6) is 1.13. The molecule has 112 valence electrons. The molecule has 0 fully saturated rings. The van der Waals surface area contributed by atoms with Gasteiger partial charge in [0.25, 0.3) is 0 Å². The van der Waals surface area contributed by atoms with Gasteiger partial charge in [0.2, 0.25) is 0 Å². The summed E-state index contributed by atoms with van der Waals surface area (Å²) in [5.41, 5.74) is 2.33. The molecule has 6 heteroatoms. The molecule has 0 saturated heterocycles. The Hall–Kier alpha value is -2.47. The molecule has 4 rings (SSSR count). The molecule has 1 aliphatic rings. The Morgan fingerprint density at radius 3 is 2.82 bits per heavy atom. The van der Waals surface area contributed by atoms with Crippen molar-refractivity contribution >= 4 is 0 Å². The van der Waals surface area contributed by atoms with Gasteiger partial charge in [0.1, 0.15) is 5.82 Å².